The minimum Gasteiger partial charge on any atom is -0.389 e. The first-order chi connectivity index (χ1) is 6.75. The van der Waals surface area contributed by atoms with Crippen LogP contribution in [0, 0.1) is 0 Å². The molecular formula is C9H17N3OS. The van der Waals surface area contributed by atoms with E-state index in [-0.39, 0.29) is 6.10 Å². The highest BCUT2D eigenvalue weighted by molar-refractivity contribution is 8.00. The van der Waals surface area contributed by atoms with Crippen LogP contribution in [-0.2, 0) is 0 Å². The van der Waals surface area contributed by atoms with Crippen molar-refractivity contribution in [3.8, 4) is 0 Å². The largest absolute Gasteiger partial charge is 0.389 e. The van der Waals surface area contributed by atoms with Crippen LogP contribution in [0.4, 0.5) is 0 Å². The van der Waals surface area contributed by atoms with Crippen LogP contribution in [0.3, 0.4) is 0 Å². The van der Waals surface area contributed by atoms with Gasteiger partial charge in [-0.25, -0.2) is 0 Å². The predicted octanol–water partition coefficient (Wildman–Crippen LogP) is -0.210. The van der Waals surface area contributed by atoms with Gasteiger partial charge in [0.15, 0.2) is 5.96 Å². The van der Waals surface area contributed by atoms with Crippen LogP contribution in [-0.4, -0.2) is 47.3 Å². The van der Waals surface area contributed by atoms with Crippen LogP contribution in [0.1, 0.15) is 13.3 Å². The standard InChI is InChI=1S/C9H17N3OS/c1-6-8(2-3-14-6)12-9-10-4-7(13)5-11-9/h6-8,13H,2-5H2,1H3,(H2,10,11,12). The molecule has 80 valence electrons. The Kier molecular flexibility index (Phi) is 3.18. The molecule has 0 aromatic heterocycles. The van der Waals surface area contributed by atoms with Crippen molar-refractivity contribution in [3.63, 3.8) is 0 Å². The minimum atomic E-state index is -0.323. The Morgan fingerprint density at radius 1 is 1.64 bits per heavy atom. The normalized spacial score (nSPS) is 37.6. The molecule has 2 aliphatic rings. The van der Waals surface area contributed by atoms with E-state index in [0.29, 0.717) is 24.4 Å². The SMILES string of the molecule is CC1SCCC1NC1=NCC(O)CN1. The fourth-order valence-electron chi connectivity index (χ4n) is 1.73. The van der Waals surface area contributed by atoms with Gasteiger partial charge in [-0.2, -0.15) is 11.8 Å². The van der Waals surface area contributed by atoms with Gasteiger partial charge < -0.3 is 15.7 Å². The average Bonchev–Trinajstić information content (AvgIpc) is 2.56. The molecule has 1 saturated heterocycles. The zero-order valence-corrected chi connectivity index (χ0v) is 9.18. The van der Waals surface area contributed by atoms with Crippen LogP contribution < -0.4 is 10.6 Å². The van der Waals surface area contributed by atoms with Crippen molar-refractivity contribution in [2.75, 3.05) is 18.8 Å². The van der Waals surface area contributed by atoms with Gasteiger partial charge in [0, 0.05) is 17.8 Å². The second-order valence-corrected chi connectivity index (χ2v) is 5.32. The van der Waals surface area contributed by atoms with Crippen molar-refractivity contribution in [2.45, 2.75) is 30.7 Å². The summed E-state index contributed by atoms with van der Waals surface area (Å²) >= 11 is 2.00. The molecule has 2 aliphatic heterocycles. The molecule has 2 heterocycles. The number of nitrogens with one attached hydrogen (secondary N) is 2. The number of guanidine groups is 1. The van der Waals surface area contributed by atoms with Crippen molar-refractivity contribution < 1.29 is 5.11 Å². The molecule has 0 aromatic carbocycles. The molecule has 0 amide bonds. The number of aliphatic imine (C=N–C) groups is 1. The third-order valence-corrected chi connectivity index (χ3v) is 3.99. The van der Waals surface area contributed by atoms with E-state index < -0.39 is 0 Å². The Bertz CT molecular complexity index is 234. The van der Waals surface area contributed by atoms with E-state index in [2.05, 4.69) is 22.5 Å². The van der Waals surface area contributed by atoms with Crippen molar-refractivity contribution in [3.05, 3.63) is 0 Å². The van der Waals surface area contributed by atoms with Gasteiger partial charge in [-0.15, -0.1) is 0 Å². The van der Waals surface area contributed by atoms with Gasteiger partial charge in [-0.3, -0.25) is 4.99 Å². The lowest BCUT2D eigenvalue weighted by Gasteiger charge is -2.24. The molecule has 0 saturated carbocycles. The van der Waals surface area contributed by atoms with Crippen LogP contribution in [0.2, 0.25) is 0 Å². The van der Waals surface area contributed by atoms with Crippen molar-refractivity contribution in [1.29, 1.82) is 0 Å². The Balaban J connectivity index is 1.85. The molecule has 5 heteroatoms. The molecule has 0 radical (unpaired) electrons. The smallest absolute Gasteiger partial charge is 0.191 e. The number of aliphatic hydroxyl groups is 1. The molecule has 0 spiro atoms. The number of thioether (sulfide) groups is 1. The lowest BCUT2D eigenvalue weighted by atomic mass is 10.2. The van der Waals surface area contributed by atoms with E-state index in [1.807, 2.05) is 11.8 Å². The first-order valence-corrected chi connectivity index (χ1v) is 6.15. The number of β-amino-alcohol motifs (C(OH)–C–C–N with tert-alkyl or cyclic N) is 1. The van der Waals surface area contributed by atoms with Gasteiger partial charge in [0.1, 0.15) is 0 Å². The number of aliphatic hydroxyl groups excluding tert-OH is 1. The quantitative estimate of drug-likeness (QED) is 0.566. The number of hydrogen-bond acceptors (Lipinski definition) is 5. The summed E-state index contributed by atoms with van der Waals surface area (Å²) < 4.78 is 0. The van der Waals surface area contributed by atoms with Crippen molar-refractivity contribution in [2.24, 2.45) is 4.99 Å². The van der Waals surface area contributed by atoms with E-state index in [1.165, 1.54) is 12.2 Å². The van der Waals surface area contributed by atoms with Crippen molar-refractivity contribution in [1.82, 2.24) is 10.6 Å². The van der Waals surface area contributed by atoms with Crippen LogP contribution >= 0.6 is 11.8 Å². The fraction of sp³-hybridized carbons (Fsp3) is 0.889. The Labute approximate surface area is 88.6 Å². The van der Waals surface area contributed by atoms with E-state index in [1.54, 1.807) is 0 Å². The molecule has 3 atom stereocenters. The topological polar surface area (TPSA) is 56.7 Å². The summed E-state index contributed by atoms with van der Waals surface area (Å²) in [7, 11) is 0. The maximum atomic E-state index is 9.24. The third-order valence-electron chi connectivity index (χ3n) is 2.66. The van der Waals surface area contributed by atoms with E-state index >= 15 is 0 Å². The summed E-state index contributed by atoms with van der Waals surface area (Å²) in [5.41, 5.74) is 0. The van der Waals surface area contributed by atoms with Gasteiger partial charge >= 0.3 is 0 Å². The van der Waals surface area contributed by atoms with Gasteiger partial charge in [-0.05, 0) is 12.2 Å². The predicted molar refractivity (Wildman–Crippen MR) is 59.8 cm³/mol. The van der Waals surface area contributed by atoms with Gasteiger partial charge in [0.25, 0.3) is 0 Å². The molecule has 0 aromatic rings. The summed E-state index contributed by atoms with van der Waals surface area (Å²) in [5, 5.41) is 16.4. The second kappa shape index (κ2) is 4.40. The number of rotatable bonds is 1. The maximum absolute atomic E-state index is 9.24. The highest BCUT2D eigenvalue weighted by atomic mass is 32.2. The summed E-state index contributed by atoms with van der Waals surface area (Å²) in [5.74, 6) is 2.09. The van der Waals surface area contributed by atoms with Gasteiger partial charge in [0.2, 0.25) is 0 Å². The molecule has 4 nitrogen and oxygen atoms in total. The summed E-state index contributed by atoms with van der Waals surface area (Å²) in [6.45, 7) is 3.37. The first-order valence-electron chi connectivity index (χ1n) is 5.10. The molecule has 3 N–H and O–H groups in total. The molecule has 2 rings (SSSR count). The lowest BCUT2D eigenvalue weighted by Crippen LogP contribution is -2.50. The number of nitrogens with zero attached hydrogens (tertiary/aromatic N) is 1. The Hall–Kier alpha value is -0.420. The summed E-state index contributed by atoms with van der Waals surface area (Å²) in [6, 6.07) is 0.529. The third kappa shape index (κ3) is 2.33. The van der Waals surface area contributed by atoms with E-state index in [4.69, 9.17) is 0 Å². The highest BCUT2D eigenvalue weighted by Crippen LogP contribution is 2.25. The molecular weight excluding hydrogens is 198 g/mol. The van der Waals surface area contributed by atoms with E-state index in [9.17, 15) is 5.11 Å². The molecule has 0 bridgehead atoms. The Morgan fingerprint density at radius 2 is 2.50 bits per heavy atom. The molecule has 3 unspecified atom stereocenters. The molecule has 0 aliphatic carbocycles. The second-order valence-electron chi connectivity index (χ2n) is 3.84. The van der Waals surface area contributed by atoms with Gasteiger partial charge in [0.05, 0.1) is 12.6 Å². The van der Waals surface area contributed by atoms with Crippen LogP contribution in [0.5, 0.6) is 0 Å². The maximum Gasteiger partial charge on any atom is 0.191 e. The minimum absolute atomic E-state index is 0.323. The lowest BCUT2D eigenvalue weighted by molar-refractivity contribution is 0.180. The zero-order chi connectivity index (χ0) is 9.97. The zero-order valence-electron chi connectivity index (χ0n) is 8.36. The fourth-order valence-corrected chi connectivity index (χ4v) is 2.92. The summed E-state index contributed by atoms with van der Waals surface area (Å²) in [6.07, 6.45) is 0.880. The first kappa shape index (κ1) is 10.1. The van der Waals surface area contributed by atoms with Crippen LogP contribution in [0.25, 0.3) is 0 Å². The van der Waals surface area contributed by atoms with E-state index in [0.717, 1.165) is 5.96 Å². The van der Waals surface area contributed by atoms with Crippen molar-refractivity contribution >= 4 is 17.7 Å². The number of hydrogen-bond donors (Lipinski definition) is 3. The highest BCUT2D eigenvalue weighted by Gasteiger charge is 2.25. The summed E-state index contributed by atoms with van der Waals surface area (Å²) in [4.78, 5) is 4.24. The molecule has 14 heavy (non-hydrogen) atoms. The van der Waals surface area contributed by atoms with Crippen LogP contribution in [0.15, 0.2) is 4.99 Å². The Morgan fingerprint density at radius 3 is 3.07 bits per heavy atom. The van der Waals surface area contributed by atoms with Gasteiger partial charge in [-0.1, -0.05) is 6.92 Å². The average molecular weight is 215 g/mol. The molecule has 1 fully saturated rings. The monoisotopic (exact) mass is 215 g/mol.